The molecule has 0 saturated heterocycles. The van der Waals surface area contributed by atoms with Crippen LogP contribution in [0, 0.1) is 0 Å². The van der Waals surface area contributed by atoms with Gasteiger partial charge in [0.25, 0.3) is 0 Å². The molecule has 1 aliphatic carbocycles. The van der Waals surface area contributed by atoms with Gasteiger partial charge >= 0.3 is 0 Å². The largest absolute Gasteiger partial charge is 0.496 e. The van der Waals surface area contributed by atoms with Crippen LogP contribution in [0.2, 0.25) is 5.02 Å². The van der Waals surface area contributed by atoms with Crippen molar-refractivity contribution >= 4 is 28.7 Å². The third-order valence-electron chi connectivity index (χ3n) is 3.77. The van der Waals surface area contributed by atoms with E-state index in [-0.39, 0.29) is 0 Å². The zero-order valence-electron chi connectivity index (χ0n) is 11.4. The molecule has 0 radical (unpaired) electrons. The summed E-state index contributed by atoms with van der Waals surface area (Å²) in [6.07, 6.45) is 10.4. The molecule has 5 heteroatoms. The Balaban J connectivity index is 2.02. The van der Waals surface area contributed by atoms with Crippen molar-refractivity contribution in [2.45, 2.75) is 6.42 Å². The average Bonchev–Trinajstić information content (AvgIpc) is 3.14. The second-order valence-corrected chi connectivity index (χ2v) is 5.27. The quantitative estimate of drug-likeness (QED) is 0.781. The highest BCUT2D eigenvalue weighted by Gasteiger charge is 2.19. The predicted molar refractivity (Wildman–Crippen MR) is 83.6 cm³/mol. The van der Waals surface area contributed by atoms with Crippen molar-refractivity contribution in [1.29, 1.82) is 0 Å². The van der Waals surface area contributed by atoms with E-state index in [9.17, 15) is 0 Å². The average molecular weight is 298 g/mol. The maximum absolute atomic E-state index is 6.58. The van der Waals surface area contributed by atoms with Crippen molar-refractivity contribution in [3.8, 4) is 16.9 Å². The molecule has 3 heterocycles. The Hall–Kier alpha value is -2.33. The molecular formula is C16H12ClN3O. The van der Waals surface area contributed by atoms with Gasteiger partial charge in [0.2, 0.25) is 0 Å². The van der Waals surface area contributed by atoms with Crippen LogP contribution in [0.1, 0.15) is 11.3 Å². The Morgan fingerprint density at radius 3 is 3.05 bits per heavy atom. The van der Waals surface area contributed by atoms with E-state index in [1.165, 1.54) is 0 Å². The van der Waals surface area contributed by atoms with Gasteiger partial charge in [-0.2, -0.15) is 0 Å². The summed E-state index contributed by atoms with van der Waals surface area (Å²) in [5.41, 5.74) is 4.64. The molecule has 0 unspecified atom stereocenters. The van der Waals surface area contributed by atoms with Crippen molar-refractivity contribution in [2.75, 3.05) is 7.11 Å². The number of ether oxygens (including phenoxy) is 1. The second-order valence-electron chi connectivity index (χ2n) is 4.89. The third kappa shape index (κ3) is 1.76. The van der Waals surface area contributed by atoms with Crippen LogP contribution in [0.25, 0.3) is 28.2 Å². The maximum Gasteiger partial charge on any atom is 0.141 e. The molecule has 1 aliphatic rings. The van der Waals surface area contributed by atoms with Gasteiger partial charge in [-0.15, -0.1) is 0 Å². The third-order valence-corrected chi connectivity index (χ3v) is 4.18. The van der Waals surface area contributed by atoms with Crippen LogP contribution in [0.4, 0.5) is 0 Å². The minimum atomic E-state index is 0.723. The Morgan fingerprint density at radius 2 is 2.19 bits per heavy atom. The molecule has 0 aromatic carbocycles. The second kappa shape index (κ2) is 4.60. The number of methoxy groups -OCH3 is 1. The van der Waals surface area contributed by atoms with Crippen molar-refractivity contribution in [3.05, 3.63) is 47.0 Å². The standard InChI is InChI=1S/C16H12ClN3O/c1-21-13-5-6-18-16-14(13)10(7-20-16)11-8-19-12-4-2-3-9(12)15(11)17/h2-3,5-8H,4H2,1H3,(H,18,20). The number of hydrogen-bond acceptors (Lipinski definition) is 3. The Kier molecular flexibility index (Phi) is 2.72. The number of allylic oxidation sites excluding steroid dienone is 1. The number of halogens is 1. The first kappa shape index (κ1) is 12.4. The van der Waals surface area contributed by atoms with Crippen molar-refractivity contribution in [2.24, 2.45) is 0 Å². The van der Waals surface area contributed by atoms with Gasteiger partial charge in [0.1, 0.15) is 11.4 Å². The van der Waals surface area contributed by atoms with Crippen LogP contribution in [-0.4, -0.2) is 22.1 Å². The summed E-state index contributed by atoms with van der Waals surface area (Å²) in [7, 11) is 1.65. The maximum atomic E-state index is 6.58. The molecule has 0 bridgehead atoms. The van der Waals surface area contributed by atoms with E-state index < -0.39 is 0 Å². The van der Waals surface area contributed by atoms with E-state index in [2.05, 4.69) is 21.0 Å². The smallest absolute Gasteiger partial charge is 0.141 e. The van der Waals surface area contributed by atoms with E-state index >= 15 is 0 Å². The monoisotopic (exact) mass is 297 g/mol. The van der Waals surface area contributed by atoms with E-state index in [0.29, 0.717) is 0 Å². The topological polar surface area (TPSA) is 50.8 Å². The summed E-state index contributed by atoms with van der Waals surface area (Å²) in [5.74, 6) is 0.767. The van der Waals surface area contributed by atoms with Gasteiger partial charge in [-0.3, -0.25) is 4.98 Å². The number of fused-ring (bicyclic) bond motifs is 2. The highest BCUT2D eigenvalue weighted by molar-refractivity contribution is 6.35. The minimum absolute atomic E-state index is 0.723. The minimum Gasteiger partial charge on any atom is -0.496 e. The molecule has 4 nitrogen and oxygen atoms in total. The van der Waals surface area contributed by atoms with Crippen molar-refractivity contribution in [1.82, 2.24) is 15.0 Å². The fraction of sp³-hybridized carbons (Fsp3) is 0.125. The van der Waals surface area contributed by atoms with Crippen LogP contribution < -0.4 is 4.74 Å². The van der Waals surface area contributed by atoms with Crippen LogP contribution in [0.5, 0.6) is 5.75 Å². The lowest BCUT2D eigenvalue weighted by Gasteiger charge is -2.09. The fourth-order valence-corrected chi connectivity index (χ4v) is 3.08. The van der Waals surface area contributed by atoms with Gasteiger partial charge in [-0.05, 0) is 6.07 Å². The molecule has 104 valence electrons. The van der Waals surface area contributed by atoms with E-state index in [1.807, 2.05) is 24.5 Å². The molecule has 4 rings (SSSR count). The van der Waals surface area contributed by atoms with Gasteiger partial charge in [-0.1, -0.05) is 23.8 Å². The molecule has 0 atom stereocenters. The number of rotatable bonds is 2. The Bertz CT molecular complexity index is 883. The zero-order chi connectivity index (χ0) is 14.4. The molecule has 0 saturated carbocycles. The summed E-state index contributed by atoms with van der Waals surface area (Å²) >= 11 is 6.58. The summed E-state index contributed by atoms with van der Waals surface area (Å²) in [5, 5.41) is 1.64. The van der Waals surface area contributed by atoms with Crippen molar-refractivity contribution < 1.29 is 4.74 Å². The summed E-state index contributed by atoms with van der Waals surface area (Å²) in [6.45, 7) is 0. The normalized spacial score (nSPS) is 12.9. The van der Waals surface area contributed by atoms with Gasteiger partial charge < -0.3 is 9.72 Å². The number of nitrogens with zero attached hydrogens (tertiary/aromatic N) is 2. The lowest BCUT2D eigenvalue weighted by molar-refractivity contribution is 0.419. The first-order chi connectivity index (χ1) is 10.3. The molecule has 21 heavy (non-hydrogen) atoms. The Morgan fingerprint density at radius 1 is 1.29 bits per heavy atom. The van der Waals surface area contributed by atoms with Gasteiger partial charge in [0, 0.05) is 41.7 Å². The van der Waals surface area contributed by atoms with Gasteiger partial charge in [0.15, 0.2) is 0 Å². The van der Waals surface area contributed by atoms with Crippen LogP contribution in [0.15, 0.2) is 30.7 Å². The molecule has 0 spiro atoms. The number of pyridine rings is 2. The van der Waals surface area contributed by atoms with Crippen LogP contribution in [-0.2, 0) is 6.42 Å². The number of nitrogens with one attached hydrogen (secondary N) is 1. The first-order valence-electron chi connectivity index (χ1n) is 6.64. The molecule has 1 N–H and O–H groups in total. The highest BCUT2D eigenvalue weighted by atomic mass is 35.5. The zero-order valence-corrected chi connectivity index (χ0v) is 12.1. The van der Waals surface area contributed by atoms with Crippen LogP contribution in [0.3, 0.4) is 0 Å². The highest BCUT2D eigenvalue weighted by Crippen LogP contribution is 2.40. The van der Waals surface area contributed by atoms with Crippen LogP contribution >= 0.6 is 11.6 Å². The van der Waals surface area contributed by atoms with E-state index in [4.69, 9.17) is 16.3 Å². The number of hydrogen-bond donors (Lipinski definition) is 1. The Labute approximate surface area is 126 Å². The van der Waals surface area contributed by atoms with Gasteiger partial charge in [0.05, 0.1) is 23.2 Å². The SMILES string of the molecule is COc1ccnc2[nH]cc(-c3cnc4c(c3Cl)C=CC4)c12. The molecule has 0 amide bonds. The molecule has 3 aromatic rings. The van der Waals surface area contributed by atoms with Gasteiger partial charge in [-0.25, -0.2) is 4.98 Å². The first-order valence-corrected chi connectivity index (χ1v) is 7.01. The molecular weight excluding hydrogens is 286 g/mol. The fourth-order valence-electron chi connectivity index (χ4n) is 2.76. The molecule has 0 fully saturated rings. The summed E-state index contributed by atoms with van der Waals surface area (Å²) in [6, 6.07) is 1.84. The lowest BCUT2D eigenvalue weighted by Crippen LogP contribution is -1.92. The summed E-state index contributed by atoms with van der Waals surface area (Å²) < 4.78 is 5.44. The molecule has 0 aliphatic heterocycles. The number of H-pyrrole nitrogens is 1. The number of aromatic nitrogens is 3. The van der Waals surface area contributed by atoms with E-state index in [1.54, 1.807) is 13.3 Å². The van der Waals surface area contributed by atoms with E-state index in [0.717, 1.165) is 50.6 Å². The number of aromatic amines is 1. The molecule has 3 aromatic heterocycles. The van der Waals surface area contributed by atoms with Crippen molar-refractivity contribution in [3.63, 3.8) is 0 Å². The lowest BCUT2D eigenvalue weighted by atomic mass is 10.0. The predicted octanol–water partition coefficient (Wildman–Crippen LogP) is 3.86. The summed E-state index contributed by atoms with van der Waals surface area (Å²) in [4.78, 5) is 12.0.